The number of rotatable bonds is 4. The molecule has 0 amide bonds. The summed E-state index contributed by atoms with van der Waals surface area (Å²) in [7, 11) is 0. The van der Waals surface area contributed by atoms with Crippen LogP contribution in [0.3, 0.4) is 0 Å². The zero-order chi connectivity index (χ0) is 13.8. The lowest BCUT2D eigenvalue weighted by molar-refractivity contribution is 0.282. The molecule has 3 heteroatoms. The Hall–Kier alpha value is -2.39. The molecular formula is C17H16N2O. The second-order valence-electron chi connectivity index (χ2n) is 4.73. The van der Waals surface area contributed by atoms with E-state index in [1.54, 1.807) is 0 Å². The third kappa shape index (κ3) is 2.63. The topological polar surface area (TPSA) is 38.1 Å². The van der Waals surface area contributed by atoms with Crippen molar-refractivity contribution >= 4 is 0 Å². The zero-order valence-corrected chi connectivity index (χ0v) is 11.1. The second kappa shape index (κ2) is 5.72. The molecule has 100 valence electrons. The molecule has 3 rings (SSSR count). The minimum Gasteiger partial charge on any atom is -0.392 e. The fourth-order valence-electron chi connectivity index (χ4n) is 2.30. The molecule has 2 aromatic carbocycles. The van der Waals surface area contributed by atoms with Gasteiger partial charge < -0.3 is 5.11 Å². The molecule has 0 aliphatic heterocycles. The highest BCUT2D eigenvalue weighted by atomic mass is 16.3. The molecule has 0 atom stereocenters. The molecule has 0 saturated heterocycles. The van der Waals surface area contributed by atoms with Crippen LogP contribution in [0.5, 0.6) is 0 Å². The summed E-state index contributed by atoms with van der Waals surface area (Å²) in [6.45, 7) is 0.794. The van der Waals surface area contributed by atoms with E-state index >= 15 is 0 Å². The minimum absolute atomic E-state index is 0.0417. The summed E-state index contributed by atoms with van der Waals surface area (Å²) in [5.41, 5.74) is 4.21. The van der Waals surface area contributed by atoms with Crippen molar-refractivity contribution in [3.8, 4) is 11.1 Å². The Labute approximate surface area is 118 Å². The maximum absolute atomic E-state index is 9.39. The first-order chi connectivity index (χ1) is 9.86. The number of aromatic nitrogens is 2. The van der Waals surface area contributed by atoms with Crippen molar-refractivity contribution in [1.82, 2.24) is 9.78 Å². The molecule has 0 spiro atoms. The van der Waals surface area contributed by atoms with Crippen LogP contribution < -0.4 is 0 Å². The summed E-state index contributed by atoms with van der Waals surface area (Å²) in [6, 6.07) is 18.1. The smallest absolute Gasteiger partial charge is 0.0687 e. The third-order valence-corrected chi connectivity index (χ3v) is 3.32. The molecule has 0 aliphatic rings. The van der Waals surface area contributed by atoms with E-state index in [4.69, 9.17) is 0 Å². The van der Waals surface area contributed by atoms with E-state index in [0.29, 0.717) is 0 Å². The SMILES string of the molecule is OCc1ccccc1-c1cnn(Cc2ccccc2)c1. The Morgan fingerprint density at radius 1 is 0.950 bits per heavy atom. The van der Waals surface area contributed by atoms with Crippen LogP contribution in [0.2, 0.25) is 0 Å². The van der Waals surface area contributed by atoms with Crippen LogP contribution in [-0.2, 0) is 13.2 Å². The van der Waals surface area contributed by atoms with Crippen LogP contribution in [0.15, 0.2) is 67.0 Å². The van der Waals surface area contributed by atoms with Gasteiger partial charge in [-0.05, 0) is 16.7 Å². The molecule has 1 heterocycles. The minimum atomic E-state index is 0.0417. The predicted molar refractivity (Wildman–Crippen MR) is 79.1 cm³/mol. The molecule has 0 radical (unpaired) electrons. The van der Waals surface area contributed by atoms with Crippen molar-refractivity contribution in [3.05, 3.63) is 78.1 Å². The Morgan fingerprint density at radius 3 is 2.50 bits per heavy atom. The van der Waals surface area contributed by atoms with Gasteiger partial charge in [0.25, 0.3) is 0 Å². The van der Waals surface area contributed by atoms with Crippen LogP contribution in [0.25, 0.3) is 11.1 Å². The Morgan fingerprint density at radius 2 is 1.70 bits per heavy atom. The van der Waals surface area contributed by atoms with Gasteiger partial charge in [-0.15, -0.1) is 0 Å². The standard InChI is InChI=1S/C17H16N2O/c20-13-15-8-4-5-9-17(15)16-10-18-19(12-16)11-14-6-2-1-3-7-14/h1-10,12,20H,11,13H2. The molecule has 3 nitrogen and oxygen atoms in total. The van der Waals surface area contributed by atoms with Gasteiger partial charge in [-0.3, -0.25) is 4.68 Å². The van der Waals surface area contributed by atoms with Gasteiger partial charge in [0, 0.05) is 11.8 Å². The first-order valence-corrected chi connectivity index (χ1v) is 6.62. The molecule has 1 aromatic heterocycles. The van der Waals surface area contributed by atoms with Crippen molar-refractivity contribution in [3.63, 3.8) is 0 Å². The summed E-state index contributed by atoms with van der Waals surface area (Å²) in [4.78, 5) is 0. The number of aliphatic hydroxyl groups excluding tert-OH is 1. The Balaban J connectivity index is 1.87. The number of aliphatic hydroxyl groups is 1. The molecule has 1 N–H and O–H groups in total. The summed E-state index contributed by atoms with van der Waals surface area (Å²) < 4.78 is 1.92. The summed E-state index contributed by atoms with van der Waals surface area (Å²) in [5, 5.41) is 13.8. The number of hydrogen-bond donors (Lipinski definition) is 1. The third-order valence-electron chi connectivity index (χ3n) is 3.32. The highest BCUT2D eigenvalue weighted by Gasteiger charge is 2.06. The maximum atomic E-state index is 9.39. The van der Waals surface area contributed by atoms with E-state index in [0.717, 1.165) is 23.2 Å². The van der Waals surface area contributed by atoms with Gasteiger partial charge in [0.1, 0.15) is 0 Å². The fraction of sp³-hybridized carbons (Fsp3) is 0.118. The van der Waals surface area contributed by atoms with Crippen molar-refractivity contribution in [1.29, 1.82) is 0 Å². The first kappa shape index (κ1) is 12.6. The molecule has 3 aromatic rings. The highest BCUT2D eigenvalue weighted by molar-refractivity contribution is 5.65. The first-order valence-electron chi connectivity index (χ1n) is 6.62. The van der Waals surface area contributed by atoms with Gasteiger partial charge in [0.05, 0.1) is 19.3 Å². The summed E-state index contributed by atoms with van der Waals surface area (Å²) >= 11 is 0. The van der Waals surface area contributed by atoms with Gasteiger partial charge in [-0.25, -0.2) is 0 Å². The van der Waals surface area contributed by atoms with Crippen LogP contribution in [0.1, 0.15) is 11.1 Å². The zero-order valence-electron chi connectivity index (χ0n) is 11.1. The van der Waals surface area contributed by atoms with E-state index in [9.17, 15) is 5.11 Å². The van der Waals surface area contributed by atoms with Crippen LogP contribution in [0.4, 0.5) is 0 Å². The fourth-order valence-corrected chi connectivity index (χ4v) is 2.30. The van der Waals surface area contributed by atoms with Gasteiger partial charge >= 0.3 is 0 Å². The van der Waals surface area contributed by atoms with Crippen molar-refractivity contribution in [2.75, 3.05) is 0 Å². The average molecular weight is 264 g/mol. The van der Waals surface area contributed by atoms with E-state index in [1.165, 1.54) is 5.56 Å². The van der Waals surface area contributed by atoms with E-state index in [-0.39, 0.29) is 6.61 Å². The van der Waals surface area contributed by atoms with E-state index < -0.39 is 0 Å². The lowest BCUT2D eigenvalue weighted by Gasteiger charge is -2.04. The lowest BCUT2D eigenvalue weighted by Crippen LogP contribution is -1.99. The van der Waals surface area contributed by atoms with Gasteiger partial charge in [0.2, 0.25) is 0 Å². The van der Waals surface area contributed by atoms with Crippen molar-refractivity contribution in [2.45, 2.75) is 13.2 Å². The van der Waals surface area contributed by atoms with E-state index in [1.807, 2.05) is 59.5 Å². The highest BCUT2D eigenvalue weighted by Crippen LogP contribution is 2.23. The number of hydrogen-bond acceptors (Lipinski definition) is 2. The van der Waals surface area contributed by atoms with E-state index in [2.05, 4.69) is 17.2 Å². The number of benzene rings is 2. The van der Waals surface area contributed by atoms with Crippen molar-refractivity contribution in [2.24, 2.45) is 0 Å². The van der Waals surface area contributed by atoms with Crippen LogP contribution >= 0.6 is 0 Å². The van der Waals surface area contributed by atoms with Crippen LogP contribution in [0, 0.1) is 0 Å². The molecule has 0 aliphatic carbocycles. The average Bonchev–Trinajstić information content (AvgIpc) is 2.96. The van der Waals surface area contributed by atoms with Crippen LogP contribution in [-0.4, -0.2) is 14.9 Å². The monoisotopic (exact) mass is 264 g/mol. The summed E-state index contributed by atoms with van der Waals surface area (Å²) in [5.74, 6) is 0. The molecule has 0 bridgehead atoms. The van der Waals surface area contributed by atoms with Crippen molar-refractivity contribution < 1.29 is 5.11 Å². The molecule has 0 saturated carbocycles. The molecule has 20 heavy (non-hydrogen) atoms. The maximum Gasteiger partial charge on any atom is 0.0687 e. The number of nitrogens with zero attached hydrogens (tertiary/aromatic N) is 2. The van der Waals surface area contributed by atoms with Gasteiger partial charge in [0.15, 0.2) is 0 Å². The van der Waals surface area contributed by atoms with Gasteiger partial charge in [-0.2, -0.15) is 5.10 Å². The Bertz CT molecular complexity index is 689. The second-order valence-corrected chi connectivity index (χ2v) is 4.73. The molecule has 0 unspecified atom stereocenters. The molecular weight excluding hydrogens is 248 g/mol. The molecule has 0 fully saturated rings. The normalized spacial score (nSPS) is 10.7. The summed E-state index contributed by atoms with van der Waals surface area (Å²) in [6.07, 6.45) is 3.86. The quantitative estimate of drug-likeness (QED) is 0.786. The predicted octanol–water partition coefficient (Wildman–Crippen LogP) is 3.09. The largest absolute Gasteiger partial charge is 0.392 e. The Kier molecular flexibility index (Phi) is 3.61. The lowest BCUT2D eigenvalue weighted by atomic mass is 10.0. The van der Waals surface area contributed by atoms with Gasteiger partial charge in [-0.1, -0.05) is 54.6 Å².